The Balaban J connectivity index is 2.80. The van der Waals surface area contributed by atoms with Gasteiger partial charge in [-0.25, -0.2) is 0 Å². The summed E-state index contributed by atoms with van der Waals surface area (Å²) in [5.74, 6) is -0.404. The molecule has 0 bridgehead atoms. The summed E-state index contributed by atoms with van der Waals surface area (Å²) in [7, 11) is 0. The highest BCUT2D eigenvalue weighted by Crippen LogP contribution is 2.34. The van der Waals surface area contributed by atoms with Crippen molar-refractivity contribution in [1.82, 2.24) is 0 Å². The zero-order valence-electron chi connectivity index (χ0n) is 19.9. The van der Waals surface area contributed by atoms with E-state index in [0.29, 0.717) is 32.3 Å². The van der Waals surface area contributed by atoms with Crippen molar-refractivity contribution in [2.75, 3.05) is 13.2 Å². The quantitative estimate of drug-likeness (QED) is 0.248. The number of hydrogen-bond acceptors (Lipinski definition) is 7. The van der Waals surface area contributed by atoms with Crippen molar-refractivity contribution < 1.29 is 23.8 Å². The van der Waals surface area contributed by atoms with Crippen LogP contribution in [0.4, 0.5) is 0 Å². The Hall–Kier alpha value is -2.02. The summed E-state index contributed by atoms with van der Waals surface area (Å²) in [6, 6.07) is 0. The monoisotopic (exact) mass is 437 g/mol. The first kappa shape index (κ1) is 27.0. The molecule has 1 aliphatic heterocycles. The highest BCUT2D eigenvalue weighted by Gasteiger charge is 2.39. The van der Waals surface area contributed by atoms with Crippen LogP contribution in [-0.2, 0) is 23.8 Å². The second-order valence-electron chi connectivity index (χ2n) is 8.95. The second-order valence-corrected chi connectivity index (χ2v) is 8.95. The van der Waals surface area contributed by atoms with Crippen LogP contribution in [0.1, 0.15) is 80.1 Å². The third-order valence-corrected chi connectivity index (χ3v) is 5.80. The lowest BCUT2D eigenvalue weighted by molar-refractivity contribution is -0.168. The summed E-state index contributed by atoms with van der Waals surface area (Å²) in [6.45, 7) is 11.5. The predicted octanol–water partition coefficient (Wildman–Crippen LogP) is 5.27. The summed E-state index contributed by atoms with van der Waals surface area (Å²) in [5.41, 5.74) is 1.58. The largest absolute Gasteiger partial charge is 0.462 e. The molecule has 4 atom stereocenters. The first-order valence-electron chi connectivity index (χ1n) is 11.2. The van der Waals surface area contributed by atoms with Crippen molar-refractivity contribution in [3.8, 4) is 0 Å². The van der Waals surface area contributed by atoms with E-state index in [4.69, 9.17) is 14.2 Å². The van der Waals surface area contributed by atoms with Gasteiger partial charge in [0.2, 0.25) is 0 Å². The molecule has 7 heteroatoms. The van der Waals surface area contributed by atoms with Gasteiger partial charge < -0.3 is 14.2 Å². The number of carbonyl (C=O) groups excluding carboxylic acids is 2. The molecular weight excluding hydrogens is 398 g/mol. The molecule has 0 spiro atoms. The van der Waals surface area contributed by atoms with Gasteiger partial charge >= 0.3 is 11.9 Å². The van der Waals surface area contributed by atoms with Crippen LogP contribution in [0.2, 0.25) is 0 Å². The summed E-state index contributed by atoms with van der Waals surface area (Å²) in [4.78, 5) is 33.6. The fourth-order valence-corrected chi connectivity index (χ4v) is 3.91. The fraction of sp³-hybridized carbons (Fsp3) is 0.750. The van der Waals surface area contributed by atoms with E-state index in [-0.39, 0.29) is 36.6 Å². The van der Waals surface area contributed by atoms with E-state index in [9.17, 15) is 14.5 Å². The summed E-state index contributed by atoms with van der Waals surface area (Å²) < 4.78 is 17.4. The van der Waals surface area contributed by atoms with Crippen LogP contribution in [0, 0.1) is 10.8 Å². The van der Waals surface area contributed by atoms with E-state index in [1.54, 1.807) is 6.08 Å². The molecule has 7 nitrogen and oxygen atoms in total. The lowest BCUT2D eigenvalue weighted by Crippen LogP contribution is -2.43. The van der Waals surface area contributed by atoms with Crippen molar-refractivity contribution in [3.63, 3.8) is 0 Å². The SMILES string of the molecule is CC(=O)OC(CC=C(C)C)C(C)CCC[C@]1(C)OCC(=CCN=O)CC[C@H]1OC(C)=O. The Morgan fingerprint density at radius 3 is 2.55 bits per heavy atom. The van der Waals surface area contributed by atoms with Crippen LogP contribution in [0.5, 0.6) is 0 Å². The number of ether oxygens (including phenoxy) is 3. The molecule has 0 amide bonds. The van der Waals surface area contributed by atoms with Gasteiger partial charge in [0, 0.05) is 20.3 Å². The first-order valence-corrected chi connectivity index (χ1v) is 11.2. The molecule has 176 valence electrons. The van der Waals surface area contributed by atoms with Crippen molar-refractivity contribution in [1.29, 1.82) is 0 Å². The minimum absolute atomic E-state index is 0.119. The number of carbonyl (C=O) groups is 2. The molecule has 31 heavy (non-hydrogen) atoms. The number of rotatable bonds is 11. The normalized spacial score (nSPS) is 24.6. The second kappa shape index (κ2) is 13.4. The van der Waals surface area contributed by atoms with Gasteiger partial charge in [0.05, 0.1) is 13.2 Å². The van der Waals surface area contributed by atoms with E-state index >= 15 is 0 Å². The predicted molar refractivity (Wildman–Crippen MR) is 121 cm³/mol. The van der Waals surface area contributed by atoms with Crippen LogP contribution in [0.25, 0.3) is 0 Å². The Bertz CT molecular complexity index is 667. The number of nitrogens with zero attached hydrogens (tertiary/aromatic N) is 1. The zero-order chi connectivity index (χ0) is 23.4. The molecule has 1 heterocycles. The Morgan fingerprint density at radius 2 is 1.97 bits per heavy atom. The zero-order valence-corrected chi connectivity index (χ0v) is 19.9. The molecule has 0 aromatic rings. The Morgan fingerprint density at radius 1 is 1.26 bits per heavy atom. The van der Waals surface area contributed by atoms with Gasteiger partial charge in [-0.2, -0.15) is 4.91 Å². The van der Waals surface area contributed by atoms with Crippen LogP contribution in [0.15, 0.2) is 28.5 Å². The molecule has 0 radical (unpaired) electrons. The molecule has 0 aromatic heterocycles. The first-order chi connectivity index (χ1) is 14.6. The average molecular weight is 438 g/mol. The standard InChI is InChI=1S/C24H39NO6/c1-17(2)9-11-22(30-19(4)26)18(3)8-7-14-24(6)23(31-20(5)27)12-10-21(16-29-24)13-15-25-28/h9,13,18,22-23H,7-8,10-12,14-16H2,1-6H3/t18?,22?,23-,24+/m1/s1. The van der Waals surface area contributed by atoms with Crippen LogP contribution in [0.3, 0.4) is 0 Å². The summed E-state index contributed by atoms with van der Waals surface area (Å²) >= 11 is 0. The van der Waals surface area contributed by atoms with E-state index in [1.807, 2.05) is 20.8 Å². The van der Waals surface area contributed by atoms with Crippen LogP contribution < -0.4 is 0 Å². The smallest absolute Gasteiger partial charge is 0.303 e. The van der Waals surface area contributed by atoms with Gasteiger partial charge in [0.15, 0.2) is 0 Å². The lowest BCUT2D eigenvalue weighted by atomic mass is 9.86. The maximum Gasteiger partial charge on any atom is 0.303 e. The minimum atomic E-state index is -0.619. The van der Waals surface area contributed by atoms with Crippen LogP contribution >= 0.6 is 0 Å². The molecule has 0 saturated carbocycles. The third-order valence-electron chi connectivity index (χ3n) is 5.80. The highest BCUT2D eigenvalue weighted by molar-refractivity contribution is 5.66. The molecule has 1 fully saturated rings. The molecule has 0 N–H and O–H groups in total. The lowest BCUT2D eigenvalue weighted by Gasteiger charge is -2.35. The number of hydrogen-bond donors (Lipinski definition) is 0. The summed E-state index contributed by atoms with van der Waals surface area (Å²) in [5, 5.41) is 2.89. The van der Waals surface area contributed by atoms with E-state index in [0.717, 1.165) is 18.4 Å². The van der Waals surface area contributed by atoms with Gasteiger partial charge in [-0.1, -0.05) is 36.2 Å². The van der Waals surface area contributed by atoms with E-state index in [1.165, 1.54) is 19.4 Å². The number of nitroso groups, excluding NO2 is 1. The Kier molecular flexibility index (Phi) is 11.7. The topological polar surface area (TPSA) is 91.3 Å². The third kappa shape index (κ3) is 10.2. The molecule has 1 aliphatic rings. The van der Waals surface area contributed by atoms with Gasteiger partial charge in [-0.15, -0.1) is 0 Å². The van der Waals surface area contributed by atoms with Crippen LogP contribution in [-0.4, -0.2) is 42.9 Å². The molecule has 2 unspecified atom stereocenters. The van der Waals surface area contributed by atoms with Crippen molar-refractivity contribution >= 4 is 11.9 Å². The maximum absolute atomic E-state index is 11.7. The van der Waals surface area contributed by atoms with Crippen molar-refractivity contribution in [3.05, 3.63) is 28.2 Å². The number of allylic oxidation sites excluding steroid dienone is 1. The summed E-state index contributed by atoms with van der Waals surface area (Å²) in [6.07, 6.45) is 7.83. The molecular formula is C24H39NO6. The minimum Gasteiger partial charge on any atom is -0.462 e. The Labute approximate surface area is 186 Å². The number of esters is 2. The van der Waals surface area contributed by atoms with E-state index < -0.39 is 5.60 Å². The van der Waals surface area contributed by atoms with E-state index in [2.05, 4.69) is 18.2 Å². The van der Waals surface area contributed by atoms with Crippen molar-refractivity contribution in [2.24, 2.45) is 11.1 Å². The van der Waals surface area contributed by atoms with Gasteiger partial charge in [-0.3, -0.25) is 9.59 Å². The maximum atomic E-state index is 11.7. The average Bonchev–Trinajstić information content (AvgIpc) is 2.82. The van der Waals surface area contributed by atoms with Gasteiger partial charge in [0.25, 0.3) is 0 Å². The molecule has 0 aromatic carbocycles. The molecule has 1 rings (SSSR count). The highest BCUT2D eigenvalue weighted by atomic mass is 16.6. The van der Waals surface area contributed by atoms with Gasteiger partial charge in [-0.05, 0) is 57.9 Å². The fourth-order valence-electron chi connectivity index (χ4n) is 3.91. The molecule has 1 saturated heterocycles. The van der Waals surface area contributed by atoms with Crippen molar-refractivity contribution in [2.45, 2.75) is 97.9 Å². The molecule has 0 aliphatic carbocycles. The van der Waals surface area contributed by atoms with Gasteiger partial charge in [0.1, 0.15) is 17.8 Å².